The van der Waals surface area contributed by atoms with E-state index in [2.05, 4.69) is 10.6 Å². The number of esters is 1. The van der Waals surface area contributed by atoms with Crippen LogP contribution in [0.1, 0.15) is 17.3 Å². The van der Waals surface area contributed by atoms with Crippen LogP contribution in [0.2, 0.25) is 10.0 Å². The molecule has 2 aromatic carbocycles. The van der Waals surface area contributed by atoms with Crippen LogP contribution in [-0.4, -0.2) is 30.4 Å². The molecule has 1 atom stereocenters. The van der Waals surface area contributed by atoms with Gasteiger partial charge in [-0.25, -0.2) is 4.39 Å². The summed E-state index contributed by atoms with van der Waals surface area (Å²) in [6.07, 6.45) is -1.14. The maximum absolute atomic E-state index is 13.5. The minimum atomic E-state index is -1.14. The molecule has 142 valence electrons. The quantitative estimate of drug-likeness (QED) is 0.711. The predicted octanol–water partition coefficient (Wildman–Crippen LogP) is 3.43. The first-order chi connectivity index (χ1) is 12.8. The number of hydrogen-bond donors (Lipinski definition) is 2. The Bertz CT molecular complexity index is 876. The van der Waals surface area contributed by atoms with Gasteiger partial charge in [0.25, 0.3) is 11.8 Å². The zero-order chi connectivity index (χ0) is 20.0. The average Bonchev–Trinajstić information content (AvgIpc) is 2.62. The molecule has 9 heteroatoms. The lowest BCUT2D eigenvalue weighted by atomic mass is 10.2. The van der Waals surface area contributed by atoms with Gasteiger partial charge < -0.3 is 15.4 Å². The molecule has 0 spiro atoms. The first-order valence-electron chi connectivity index (χ1n) is 7.76. The first-order valence-corrected chi connectivity index (χ1v) is 8.51. The third-order valence-electron chi connectivity index (χ3n) is 3.38. The number of amides is 2. The average molecular weight is 413 g/mol. The van der Waals surface area contributed by atoms with Crippen molar-refractivity contribution in [3.63, 3.8) is 0 Å². The molecule has 2 amide bonds. The molecule has 6 nitrogen and oxygen atoms in total. The Morgan fingerprint density at radius 1 is 1.15 bits per heavy atom. The molecule has 27 heavy (non-hydrogen) atoms. The maximum atomic E-state index is 13.5. The van der Waals surface area contributed by atoms with E-state index < -0.39 is 36.2 Å². The fourth-order valence-corrected chi connectivity index (χ4v) is 2.47. The van der Waals surface area contributed by atoms with E-state index in [9.17, 15) is 18.8 Å². The standard InChI is InChI=1S/C18H15Cl2FN2O4/c1-10(17(25)23-15-7-6-11(19)8-13(15)20)27-16(24)9-22-18(26)12-4-2-3-5-14(12)21/h2-8,10H,9H2,1H3,(H,22,26)(H,23,25)/t10-/m1/s1. The lowest BCUT2D eigenvalue weighted by Gasteiger charge is -2.14. The monoisotopic (exact) mass is 412 g/mol. The predicted molar refractivity (Wildman–Crippen MR) is 99.4 cm³/mol. The largest absolute Gasteiger partial charge is 0.451 e. The second kappa shape index (κ2) is 9.34. The minimum absolute atomic E-state index is 0.200. The van der Waals surface area contributed by atoms with E-state index in [1.165, 1.54) is 43.3 Å². The number of carbonyl (C=O) groups excluding carboxylic acids is 3. The van der Waals surface area contributed by atoms with Crippen LogP contribution >= 0.6 is 23.2 Å². The van der Waals surface area contributed by atoms with Gasteiger partial charge in [-0.05, 0) is 37.3 Å². The van der Waals surface area contributed by atoms with E-state index in [1.807, 2.05) is 0 Å². The molecule has 0 saturated heterocycles. The third kappa shape index (κ3) is 5.94. The molecule has 0 radical (unpaired) electrons. The number of rotatable bonds is 6. The van der Waals surface area contributed by atoms with E-state index in [4.69, 9.17) is 27.9 Å². The van der Waals surface area contributed by atoms with Gasteiger partial charge in [-0.3, -0.25) is 14.4 Å². The van der Waals surface area contributed by atoms with Crippen molar-refractivity contribution >= 4 is 46.7 Å². The van der Waals surface area contributed by atoms with Crippen LogP contribution in [0, 0.1) is 5.82 Å². The number of ether oxygens (including phenoxy) is 1. The van der Waals surface area contributed by atoms with Crippen molar-refractivity contribution in [3.8, 4) is 0 Å². The van der Waals surface area contributed by atoms with E-state index in [0.29, 0.717) is 10.7 Å². The van der Waals surface area contributed by atoms with Gasteiger partial charge in [0.2, 0.25) is 0 Å². The minimum Gasteiger partial charge on any atom is -0.451 e. The van der Waals surface area contributed by atoms with Crippen LogP contribution in [0.3, 0.4) is 0 Å². The molecule has 0 heterocycles. The summed E-state index contributed by atoms with van der Waals surface area (Å²) in [6.45, 7) is 0.836. The van der Waals surface area contributed by atoms with Gasteiger partial charge in [0.1, 0.15) is 12.4 Å². The molecule has 0 aliphatic rings. The summed E-state index contributed by atoms with van der Waals surface area (Å²) in [5.74, 6) is -2.95. The molecule has 0 bridgehead atoms. The SMILES string of the molecule is C[C@@H](OC(=O)CNC(=O)c1ccccc1F)C(=O)Nc1ccc(Cl)cc1Cl. The summed E-state index contributed by atoms with van der Waals surface area (Å²) in [4.78, 5) is 35.7. The van der Waals surface area contributed by atoms with Gasteiger partial charge in [-0.15, -0.1) is 0 Å². The zero-order valence-electron chi connectivity index (χ0n) is 14.1. The number of carbonyl (C=O) groups is 3. The molecule has 2 rings (SSSR count). The van der Waals surface area contributed by atoms with Crippen LogP contribution < -0.4 is 10.6 Å². The van der Waals surface area contributed by atoms with Crippen LogP contribution in [0.15, 0.2) is 42.5 Å². The van der Waals surface area contributed by atoms with E-state index in [-0.39, 0.29) is 10.6 Å². The first kappa shape index (κ1) is 20.7. The Kier molecular flexibility index (Phi) is 7.15. The van der Waals surface area contributed by atoms with E-state index in [0.717, 1.165) is 6.07 Å². The summed E-state index contributed by atoms with van der Waals surface area (Å²) < 4.78 is 18.4. The van der Waals surface area contributed by atoms with Crippen LogP contribution in [0.25, 0.3) is 0 Å². The summed E-state index contributed by atoms with van der Waals surface area (Å²) in [7, 11) is 0. The highest BCUT2D eigenvalue weighted by atomic mass is 35.5. The Hall–Kier alpha value is -2.64. The lowest BCUT2D eigenvalue weighted by molar-refractivity contribution is -0.152. The normalized spacial score (nSPS) is 11.4. The molecule has 0 unspecified atom stereocenters. The highest BCUT2D eigenvalue weighted by Gasteiger charge is 2.20. The van der Waals surface area contributed by atoms with Crippen molar-refractivity contribution in [3.05, 3.63) is 63.9 Å². The second-order valence-electron chi connectivity index (χ2n) is 5.41. The molecule has 0 saturated carbocycles. The number of benzene rings is 2. The molecule has 0 fully saturated rings. The van der Waals surface area contributed by atoms with Crippen molar-refractivity contribution in [1.82, 2.24) is 5.32 Å². The number of nitrogens with one attached hydrogen (secondary N) is 2. The summed E-state index contributed by atoms with van der Waals surface area (Å²) in [6, 6.07) is 9.83. The number of anilines is 1. The number of hydrogen-bond acceptors (Lipinski definition) is 4. The Balaban J connectivity index is 1.85. The summed E-state index contributed by atoms with van der Waals surface area (Å²) in [5.41, 5.74) is 0.107. The van der Waals surface area contributed by atoms with E-state index in [1.54, 1.807) is 0 Å². The highest BCUT2D eigenvalue weighted by molar-refractivity contribution is 6.36. The molecule has 0 aromatic heterocycles. The fraction of sp³-hybridized carbons (Fsp3) is 0.167. The van der Waals surface area contributed by atoms with Crippen LogP contribution in [0.4, 0.5) is 10.1 Å². The van der Waals surface area contributed by atoms with Gasteiger partial charge in [0.15, 0.2) is 6.10 Å². The van der Waals surface area contributed by atoms with Crippen molar-refractivity contribution in [2.24, 2.45) is 0 Å². The highest BCUT2D eigenvalue weighted by Crippen LogP contribution is 2.25. The number of halogens is 3. The van der Waals surface area contributed by atoms with Gasteiger partial charge in [0.05, 0.1) is 16.3 Å². The molecule has 2 aromatic rings. The van der Waals surface area contributed by atoms with Crippen molar-refractivity contribution in [1.29, 1.82) is 0 Å². The van der Waals surface area contributed by atoms with E-state index >= 15 is 0 Å². The van der Waals surface area contributed by atoms with Gasteiger partial charge in [-0.2, -0.15) is 0 Å². The lowest BCUT2D eigenvalue weighted by Crippen LogP contribution is -2.36. The van der Waals surface area contributed by atoms with Crippen LogP contribution in [-0.2, 0) is 14.3 Å². The topological polar surface area (TPSA) is 84.5 Å². The molecular weight excluding hydrogens is 398 g/mol. The summed E-state index contributed by atoms with van der Waals surface area (Å²) >= 11 is 11.7. The Morgan fingerprint density at radius 3 is 2.52 bits per heavy atom. The maximum Gasteiger partial charge on any atom is 0.326 e. The fourth-order valence-electron chi connectivity index (χ4n) is 2.01. The molecule has 0 aliphatic heterocycles. The van der Waals surface area contributed by atoms with Gasteiger partial charge >= 0.3 is 5.97 Å². The summed E-state index contributed by atoms with van der Waals surface area (Å²) in [5, 5.41) is 5.36. The third-order valence-corrected chi connectivity index (χ3v) is 3.93. The van der Waals surface area contributed by atoms with Crippen LogP contribution in [0.5, 0.6) is 0 Å². The molecular formula is C18H15Cl2FN2O4. The molecule has 0 aliphatic carbocycles. The van der Waals surface area contributed by atoms with Crippen molar-refractivity contribution in [2.45, 2.75) is 13.0 Å². The van der Waals surface area contributed by atoms with Gasteiger partial charge in [-0.1, -0.05) is 35.3 Å². The Labute approximate surface area is 164 Å². The van der Waals surface area contributed by atoms with Gasteiger partial charge in [0, 0.05) is 5.02 Å². The second-order valence-corrected chi connectivity index (χ2v) is 6.25. The molecule has 2 N–H and O–H groups in total. The smallest absolute Gasteiger partial charge is 0.326 e. The zero-order valence-corrected chi connectivity index (χ0v) is 15.6. The van der Waals surface area contributed by atoms with Crippen molar-refractivity contribution < 1.29 is 23.5 Å². The Morgan fingerprint density at radius 2 is 1.85 bits per heavy atom. The van der Waals surface area contributed by atoms with Crippen molar-refractivity contribution in [2.75, 3.05) is 11.9 Å².